The molecule has 130 valence electrons. The van der Waals surface area contributed by atoms with Gasteiger partial charge in [-0.2, -0.15) is 0 Å². The maximum atomic E-state index is 12.3. The van der Waals surface area contributed by atoms with E-state index in [9.17, 15) is 14.9 Å². The Kier molecular flexibility index (Phi) is 2.96. The number of anilines is 1. The molecule has 1 atom stereocenters. The molecule has 2 aromatic carbocycles. The standard InChI is InChI=1S/C18H12N2O6/c21-18-17-13(7-24-18)19-12-6-15-14(25-8-26-15)5-11(12)16(17)9-1-3-10(4-2-9)20(22)23/h1-6,16,19H,7-8H2/t16-/m0/s1. The lowest BCUT2D eigenvalue weighted by Crippen LogP contribution is -2.19. The molecule has 2 aromatic rings. The number of nitro groups is 1. The summed E-state index contributed by atoms with van der Waals surface area (Å²) < 4.78 is 16.1. The number of non-ortho nitro benzene ring substituents is 1. The molecule has 0 aliphatic carbocycles. The van der Waals surface area contributed by atoms with Crippen LogP contribution >= 0.6 is 0 Å². The van der Waals surface area contributed by atoms with E-state index in [1.54, 1.807) is 12.1 Å². The van der Waals surface area contributed by atoms with Crippen LogP contribution in [0.2, 0.25) is 0 Å². The highest BCUT2D eigenvalue weighted by Crippen LogP contribution is 2.48. The van der Waals surface area contributed by atoms with Crippen molar-refractivity contribution in [3.8, 4) is 11.5 Å². The number of hydrogen-bond donors (Lipinski definition) is 1. The van der Waals surface area contributed by atoms with Gasteiger partial charge in [0.05, 0.1) is 16.2 Å². The van der Waals surface area contributed by atoms with Gasteiger partial charge in [-0.1, -0.05) is 12.1 Å². The molecular weight excluding hydrogens is 340 g/mol. The second kappa shape index (κ2) is 5.22. The predicted molar refractivity (Wildman–Crippen MR) is 89.1 cm³/mol. The Hall–Kier alpha value is -3.55. The van der Waals surface area contributed by atoms with Crippen LogP contribution in [0.4, 0.5) is 11.4 Å². The zero-order valence-corrected chi connectivity index (χ0v) is 13.4. The SMILES string of the molecule is O=C1OCC2=C1[C@@H](c1ccc([N+](=O)[O-])cc1)c1cc3c(cc1N2)OCO3. The molecule has 3 heterocycles. The van der Waals surface area contributed by atoms with Crippen LogP contribution in [0.25, 0.3) is 0 Å². The summed E-state index contributed by atoms with van der Waals surface area (Å²) in [6.45, 7) is 0.321. The van der Waals surface area contributed by atoms with Gasteiger partial charge in [-0.15, -0.1) is 0 Å². The van der Waals surface area contributed by atoms with Crippen molar-refractivity contribution in [3.63, 3.8) is 0 Å². The highest BCUT2D eigenvalue weighted by Gasteiger charge is 2.39. The van der Waals surface area contributed by atoms with E-state index in [1.165, 1.54) is 12.1 Å². The highest BCUT2D eigenvalue weighted by atomic mass is 16.7. The molecule has 8 nitrogen and oxygen atoms in total. The Balaban J connectivity index is 1.68. The number of nitro benzene ring substituents is 1. The van der Waals surface area contributed by atoms with E-state index in [0.29, 0.717) is 22.8 Å². The van der Waals surface area contributed by atoms with Gasteiger partial charge in [0.2, 0.25) is 6.79 Å². The topological polar surface area (TPSA) is 99.9 Å². The number of esters is 1. The van der Waals surface area contributed by atoms with Crippen LogP contribution in [0.15, 0.2) is 47.7 Å². The van der Waals surface area contributed by atoms with E-state index >= 15 is 0 Å². The number of fused-ring (bicyclic) bond motifs is 2. The van der Waals surface area contributed by atoms with Gasteiger partial charge < -0.3 is 19.5 Å². The molecule has 0 spiro atoms. The maximum absolute atomic E-state index is 12.3. The number of nitrogens with one attached hydrogen (secondary N) is 1. The number of carbonyl (C=O) groups excluding carboxylic acids is 1. The summed E-state index contributed by atoms with van der Waals surface area (Å²) in [6.07, 6.45) is 0. The summed E-state index contributed by atoms with van der Waals surface area (Å²) in [5.41, 5.74) is 3.62. The Morgan fingerprint density at radius 2 is 1.81 bits per heavy atom. The lowest BCUT2D eigenvalue weighted by atomic mass is 9.81. The maximum Gasteiger partial charge on any atom is 0.337 e. The van der Waals surface area contributed by atoms with Crippen molar-refractivity contribution in [3.05, 3.63) is 68.9 Å². The number of carbonyl (C=O) groups is 1. The summed E-state index contributed by atoms with van der Waals surface area (Å²) in [4.78, 5) is 22.8. The van der Waals surface area contributed by atoms with Crippen molar-refractivity contribution in [1.29, 1.82) is 0 Å². The van der Waals surface area contributed by atoms with Gasteiger partial charge in [0, 0.05) is 29.8 Å². The van der Waals surface area contributed by atoms with E-state index < -0.39 is 10.8 Å². The van der Waals surface area contributed by atoms with Crippen LogP contribution in [0.1, 0.15) is 17.0 Å². The molecule has 0 saturated heterocycles. The summed E-state index contributed by atoms with van der Waals surface area (Å²) >= 11 is 0. The third kappa shape index (κ3) is 2.05. The van der Waals surface area contributed by atoms with Gasteiger partial charge in [-0.25, -0.2) is 4.79 Å². The van der Waals surface area contributed by atoms with Crippen molar-refractivity contribution in [1.82, 2.24) is 0 Å². The van der Waals surface area contributed by atoms with Gasteiger partial charge in [0.25, 0.3) is 5.69 Å². The first kappa shape index (κ1) is 14.8. The first-order chi connectivity index (χ1) is 12.6. The second-order valence-electron chi connectivity index (χ2n) is 6.17. The van der Waals surface area contributed by atoms with Gasteiger partial charge in [-0.3, -0.25) is 10.1 Å². The Morgan fingerprint density at radius 3 is 2.54 bits per heavy atom. The molecule has 3 aliphatic heterocycles. The summed E-state index contributed by atoms with van der Waals surface area (Å²) in [6, 6.07) is 9.88. The molecular formula is C18H12N2O6. The average Bonchev–Trinajstić information content (AvgIpc) is 3.24. The molecule has 0 bridgehead atoms. The average molecular weight is 352 g/mol. The molecule has 0 unspecified atom stereocenters. The normalized spacial score (nSPS) is 19.5. The van der Waals surface area contributed by atoms with Crippen LogP contribution in [0.5, 0.6) is 11.5 Å². The van der Waals surface area contributed by atoms with Crippen molar-refractivity contribution >= 4 is 17.3 Å². The van der Waals surface area contributed by atoms with Gasteiger partial charge in [-0.05, 0) is 17.2 Å². The molecule has 26 heavy (non-hydrogen) atoms. The first-order valence-corrected chi connectivity index (χ1v) is 7.97. The smallest absolute Gasteiger partial charge is 0.337 e. The summed E-state index contributed by atoms with van der Waals surface area (Å²) in [5.74, 6) is 0.451. The number of hydrogen-bond acceptors (Lipinski definition) is 7. The highest BCUT2D eigenvalue weighted by molar-refractivity contribution is 5.97. The van der Waals surface area contributed by atoms with Crippen LogP contribution < -0.4 is 14.8 Å². The Morgan fingerprint density at radius 1 is 1.08 bits per heavy atom. The summed E-state index contributed by atoms with van der Waals surface area (Å²) in [5, 5.41) is 14.2. The monoisotopic (exact) mass is 352 g/mol. The molecule has 0 saturated carbocycles. The van der Waals surface area contributed by atoms with Crippen LogP contribution in [0.3, 0.4) is 0 Å². The van der Waals surface area contributed by atoms with Gasteiger partial charge >= 0.3 is 5.97 Å². The van der Waals surface area contributed by atoms with E-state index in [1.807, 2.05) is 12.1 Å². The van der Waals surface area contributed by atoms with E-state index in [-0.39, 0.29) is 25.1 Å². The molecule has 8 heteroatoms. The van der Waals surface area contributed by atoms with E-state index in [2.05, 4.69) is 5.32 Å². The molecule has 3 aliphatic rings. The third-order valence-electron chi connectivity index (χ3n) is 4.76. The number of rotatable bonds is 2. The summed E-state index contributed by atoms with van der Waals surface area (Å²) in [7, 11) is 0. The van der Waals surface area contributed by atoms with Crippen molar-refractivity contribution < 1.29 is 23.9 Å². The minimum atomic E-state index is -0.452. The molecule has 0 amide bonds. The van der Waals surface area contributed by atoms with Crippen LogP contribution in [-0.2, 0) is 9.53 Å². The fourth-order valence-electron chi connectivity index (χ4n) is 3.57. The third-order valence-corrected chi connectivity index (χ3v) is 4.76. The first-order valence-electron chi connectivity index (χ1n) is 7.97. The quantitative estimate of drug-likeness (QED) is 0.504. The molecule has 1 N–H and O–H groups in total. The molecule has 5 rings (SSSR count). The number of benzene rings is 2. The van der Waals surface area contributed by atoms with Crippen LogP contribution in [-0.4, -0.2) is 24.3 Å². The second-order valence-corrected chi connectivity index (χ2v) is 6.17. The zero-order valence-electron chi connectivity index (χ0n) is 13.4. The number of ether oxygens (including phenoxy) is 3. The van der Waals surface area contributed by atoms with Crippen molar-refractivity contribution in [2.45, 2.75) is 5.92 Å². The zero-order chi connectivity index (χ0) is 17.8. The van der Waals surface area contributed by atoms with Crippen LogP contribution in [0, 0.1) is 10.1 Å². The molecule has 0 radical (unpaired) electrons. The fourth-order valence-corrected chi connectivity index (χ4v) is 3.57. The Bertz CT molecular complexity index is 995. The van der Waals surface area contributed by atoms with Crippen molar-refractivity contribution in [2.75, 3.05) is 18.7 Å². The minimum Gasteiger partial charge on any atom is -0.456 e. The minimum absolute atomic E-state index is 0.00297. The number of cyclic esters (lactones) is 1. The number of nitrogens with zero attached hydrogens (tertiary/aromatic N) is 1. The lowest BCUT2D eigenvalue weighted by molar-refractivity contribution is -0.384. The van der Waals surface area contributed by atoms with Gasteiger partial charge in [0.15, 0.2) is 11.5 Å². The Labute approximate surface area is 147 Å². The fraction of sp³-hybridized carbons (Fsp3) is 0.167. The molecule has 0 aromatic heterocycles. The van der Waals surface area contributed by atoms with E-state index in [0.717, 1.165) is 16.8 Å². The predicted octanol–water partition coefficient (Wildman–Crippen LogP) is 2.69. The lowest BCUT2D eigenvalue weighted by Gasteiger charge is -2.27. The van der Waals surface area contributed by atoms with Gasteiger partial charge in [0.1, 0.15) is 6.61 Å². The largest absolute Gasteiger partial charge is 0.456 e. The molecule has 0 fully saturated rings. The van der Waals surface area contributed by atoms with Crippen molar-refractivity contribution in [2.24, 2.45) is 0 Å². The van der Waals surface area contributed by atoms with E-state index in [4.69, 9.17) is 14.2 Å².